The lowest BCUT2D eigenvalue weighted by Crippen LogP contribution is -2.44. The SMILES string of the molecule is CC.CCC(C)(COCCOC)OC(=O)N1C(=O)c2c(Cl)c(Cl)c(Cl)c(Cl)c2C1=Nc1cccc(N=C2NC(=O)c3c(Cl)c(Cl)c(Cl)c(C)c32)c1C. The lowest BCUT2D eigenvalue weighted by Gasteiger charge is -2.30. The van der Waals surface area contributed by atoms with Gasteiger partial charge in [-0.2, -0.15) is 4.90 Å². The minimum Gasteiger partial charge on any atom is -0.440 e. The van der Waals surface area contributed by atoms with Gasteiger partial charge in [0.15, 0.2) is 5.84 Å². The topological polar surface area (TPSA) is 119 Å². The summed E-state index contributed by atoms with van der Waals surface area (Å²) in [6.07, 6.45) is -0.721. The van der Waals surface area contributed by atoms with Crippen molar-refractivity contribution >= 4 is 122 Å². The van der Waals surface area contributed by atoms with Crippen LogP contribution in [0, 0.1) is 13.8 Å². The van der Waals surface area contributed by atoms with E-state index in [1.807, 2.05) is 13.8 Å². The molecule has 52 heavy (non-hydrogen) atoms. The van der Waals surface area contributed by atoms with Crippen molar-refractivity contribution in [2.75, 3.05) is 26.9 Å². The highest BCUT2D eigenvalue weighted by Crippen LogP contribution is 2.46. The van der Waals surface area contributed by atoms with E-state index in [2.05, 4.69) is 5.32 Å². The van der Waals surface area contributed by atoms with E-state index < -0.39 is 23.5 Å². The number of fused-ring (bicyclic) bond motifs is 2. The van der Waals surface area contributed by atoms with Gasteiger partial charge in [-0.1, -0.05) is 108 Å². The highest BCUT2D eigenvalue weighted by atomic mass is 35.5. The van der Waals surface area contributed by atoms with E-state index in [1.165, 1.54) is 7.11 Å². The van der Waals surface area contributed by atoms with Crippen molar-refractivity contribution in [2.45, 2.75) is 53.6 Å². The number of rotatable bonds is 9. The second kappa shape index (κ2) is 17.2. The number of carbonyl (C=O) groups excluding carboxylic acids is 3. The molecule has 1 N–H and O–H groups in total. The number of carbonyl (C=O) groups is 3. The molecule has 3 amide bonds. The van der Waals surface area contributed by atoms with Crippen LogP contribution in [0.25, 0.3) is 0 Å². The van der Waals surface area contributed by atoms with Crippen molar-refractivity contribution in [3.63, 3.8) is 0 Å². The second-order valence-corrected chi connectivity index (χ2v) is 14.1. The first-order valence-electron chi connectivity index (χ1n) is 15.8. The molecule has 0 bridgehead atoms. The number of methoxy groups -OCH3 is 1. The minimum atomic E-state index is -1.14. The van der Waals surface area contributed by atoms with E-state index in [-0.39, 0.29) is 82.4 Å². The van der Waals surface area contributed by atoms with Crippen molar-refractivity contribution < 1.29 is 28.6 Å². The summed E-state index contributed by atoms with van der Waals surface area (Å²) >= 11 is 45.0. The van der Waals surface area contributed by atoms with E-state index in [1.54, 1.807) is 45.9 Å². The van der Waals surface area contributed by atoms with Crippen molar-refractivity contribution in [3.05, 3.63) is 86.7 Å². The Morgan fingerprint density at radius 1 is 0.788 bits per heavy atom. The highest BCUT2D eigenvalue weighted by molar-refractivity contribution is 6.56. The quantitative estimate of drug-likeness (QED) is 0.130. The predicted octanol–water partition coefficient (Wildman–Crippen LogP) is 11.2. The van der Waals surface area contributed by atoms with Crippen LogP contribution in [0.3, 0.4) is 0 Å². The summed E-state index contributed by atoms with van der Waals surface area (Å²) in [7, 11) is 1.54. The maximum Gasteiger partial charge on any atom is 0.423 e. The number of halogens is 7. The zero-order chi connectivity index (χ0) is 38.8. The van der Waals surface area contributed by atoms with E-state index in [0.717, 1.165) is 4.90 Å². The molecular formula is C35H33Cl7N4O6. The molecule has 2 aliphatic heterocycles. The monoisotopic (exact) mass is 850 g/mol. The van der Waals surface area contributed by atoms with Gasteiger partial charge in [-0.05, 0) is 44.9 Å². The molecule has 2 heterocycles. The van der Waals surface area contributed by atoms with E-state index >= 15 is 0 Å². The van der Waals surface area contributed by atoms with E-state index in [4.69, 9.17) is 105 Å². The first-order chi connectivity index (χ1) is 24.6. The Morgan fingerprint density at radius 3 is 1.94 bits per heavy atom. The number of amidine groups is 2. The number of nitrogens with one attached hydrogen (secondary N) is 1. The van der Waals surface area contributed by atoms with Crippen LogP contribution < -0.4 is 5.32 Å². The third-order valence-electron chi connectivity index (χ3n) is 8.21. The Hall–Kier alpha value is -2.64. The number of nitrogens with zero attached hydrogens (tertiary/aromatic N) is 3. The summed E-state index contributed by atoms with van der Waals surface area (Å²) in [5.41, 5.74) is 0.831. The van der Waals surface area contributed by atoms with Crippen LogP contribution in [0.5, 0.6) is 0 Å². The molecule has 0 aromatic heterocycles. The molecule has 0 radical (unpaired) electrons. The average molecular weight is 854 g/mol. The number of hydrogen-bond acceptors (Lipinski definition) is 8. The number of hydrogen-bond donors (Lipinski definition) is 1. The van der Waals surface area contributed by atoms with Gasteiger partial charge < -0.3 is 19.5 Å². The van der Waals surface area contributed by atoms with Crippen molar-refractivity contribution in [1.29, 1.82) is 0 Å². The molecule has 5 rings (SSSR count). The maximum atomic E-state index is 13.9. The Labute approximate surface area is 336 Å². The number of amides is 3. The molecule has 0 aliphatic carbocycles. The van der Waals surface area contributed by atoms with Crippen molar-refractivity contribution in [2.24, 2.45) is 9.98 Å². The van der Waals surface area contributed by atoms with Crippen LogP contribution in [-0.2, 0) is 14.2 Å². The first kappa shape index (κ1) is 42.1. The molecule has 10 nitrogen and oxygen atoms in total. The molecule has 1 atom stereocenters. The summed E-state index contributed by atoms with van der Waals surface area (Å²) in [5.74, 6) is -1.41. The summed E-state index contributed by atoms with van der Waals surface area (Å²) in [5, 5.41) is 2.29. The standard InChI is InChI=1S/C33H27Cl7N4O6.C2H6/c1-6-33(4,12-49-11-10-48-5)50-32(47)44-29(18-20(31(44)46)24(37)27(40)26(39)22(18)35)42-16-9-7-8-15(13(16)2)41-28-17-14(3)21(34)25(38)23(36)19(17)30(45)43-28;1-2/h7-9H,6,10-12H2,1-5H3,(H,41,43,45);1-2H3. The predicted molar refractivity (Wildman–Crippen MR) is 209 cm³/mol. The van der Waals surface area contributed by atoms with Crippen LogP contribution in [0.2, 0.25) is 35.2 Å². The Kier molecular flexibility index (Phi) is 13.9. The molecule has 3 aromatic carbocycles. The zero-order valence-electron chi connectivity index (χ0n) is 29.0. The number of ether oxygens (including phenoxy) is 3. The average Bonchev–Trinajstić information content (AvgIpc) is 3.61. The molecule has 3 aromatic rings. The van der Waals surface area contributed by atoms with Gasteiger partial charge in [-0.15, -0.1) is 0 Å². The van der Waals surface area contributed by atoms with Crippen LogP contribution in [0.1, 0.15) is 77.1 Å². The normalized spacial score (nSPS) is 16.1. The summed E-state index contributed by atoms with van der Waals surface area (Å²) < 4.78 is 16.5. The van der Waals surface area contributed by atoms with Gasteiger partial charge in [0.1, 0.15) is 11.4 Å². The Bertz CT molecular complexity index is 2040. The molecule has 0 fully saturated rings. The van der Waals surface area contributed by atoms with E-state index in [9.17, 15) is 14.4 Å². The van der Waals surface area contributed by atoms with Gasteiger partial charge in [-0.25, -0.2) is 14.8 Å². The van der Waals surface area contributed by atoms with Gasteiger partial charge >= 0.3 is 6.09 Å². The van der Waals surface area contributed by atoms with Crippen molar-refractivity contribution in [1.82, 2.24) is 10.2 Å². The lowest BCUT2D eigenvalue weighted by atomic mass is 10.0. The molecule has 0 saturated carbocycles. The van der Waals surface area contributed by atoms with Gasteiger partial charge in [0.2, 0.25) is 0 Å². The summed E-state index contributed by atoms with van der Waals surface area (Å²) in [6, 6.07) is 4.96. The third-order valence-corrected chi connectivity index (χ3v) is 11.4. The van der Waals surface area contributed by atoms with Crippen LogP contribution >= 0.6 is 81.2 Å². The minimum absolute atomic E-state index is 0.00314. The first-order valence-corrected chi connectivity index (χ1v) is 18.5. The highest BCUT2D eigenvalue weighted by Gasteiger charge is 2.46. The van der Waals surface area contributed by atoms with Crippen molar-refractivity contribution in [3.8, 4) is 0 Å². The Balaban J connectivity index is 0.00000297. The van der Waals surface area contributed by atoms with Gasteiger partial charge in [0.25, 0.3) is 11.8 Å². The number of aliphatic imine (C=N–C) groups is 2. The fraction of sp³-hybridized carbons (Fsp3) is 0.343. The fourth-order valence-electron chi connectivity index (χ4n) is 5.22. The number of benzene rings is 3. The summed E-state index contributed by atoms with van der Waals surface area (Å²) in [4.78, 5) is 50.9. The Morgan fingerprint density at radius 2 is 1.35 bits per heavy atom. The smallest absolute Gasteiger partial charge is 0.423 e. The van der Waals surface area contributed by atoms with E-state index in [0.29, 0.717) is 35.4 Å². The second-order valence-electron chi connectivity index (χ2n) is 11.5. The molecule has 2 aliphatic rings. The zero-order valence-corrected chi connectivity index (χ0v) is 34.3. The van der Waals surface area contributed by atoms with Crippen LogP contribution in [-0.4, -0.2) is 67.0 Å². The molecule has 278 valence electrons. The summed E-state index contributed by atoms with van der Waals surface area (Å²) in [6.45, 7) is 11.5. The third kappa shape index (κ3) is 7.78. The number of imide groups is 1. The van der Waals surface area contributed by atoms with Gasteiger partial charge in [-0.3, -0.25) is 9.59 Å². The maximum absolute atomic E-state index is 13.9. The molecule has 0 saturated heterocycles. The molecule has 1 unspecified atom stereocenters. The largest absolute Gasteiger partial charge is 0.440 e. The van der Waals surface area contributed by atoms with Crippen LogP contribution in [0.4, 0.5) is 16.2 Å². The molecule has 17 heteroatoms. The molecule has 0 spiro atoms. The van der Waals surface area contributed by atoms with Gasteiger partial charge in [0.05, 0.1) is 83.0 Å². The molecular weight excluding hydrogens is 821 g/mol. The van der Waals surface area contributed by atoms with Gasteiger partial charge in [0, 0.05) is 18.2 Å². The lowest BCUT2D eigenvalue weighted by molar-refractivity contribution is -0.0586. The fourth-order valence-corrected chi connectivity index (χ4v) is 6.99. The van der Waals surface area contributed by atoms with Crippen LogP contribution in [0.15, 0.2) is 28.2 Å².